The molecule has 3 N–H and O–H groups in total. The Kier molecular flexibility index (Phi) is 7.37. The predicted octanol–water partition coefficient (Wildman–Crippen LogP) is 1.17. The van der Waals surface area contributed by atoms with Crippen LogP contribution in [0.25, 0.3) is 0 Å². The highest BCUT2D eigenvalue weighted by Crippen LogP contribution is 2.25. The third-order valence-electron chi connectivity index (χ3n) is 3.60. The van der Waals surface area contributed by atoms with Gasteiger partial charge in [-0.1, -0.05) is 0 Å². The van der Waals surface area contributed by atoms with Crippen molar-refractivity contribution in [1.29, 1.82) is 0 Å². The lowest BCUT2D eigenvalue weighted by Gasteiger charge is -2.27. The van der Waals surface area contributed by atoms with Crippen LogP contribution in [0, 0.1) is 5.92 Å². The molecule has 0 bridgehead atoms. The molecular formula is C12H23ClN2O2S. The van der Waals surface area contributed by atoms with Crippen LogP contribution in [-0.4, -0.2) is 42.7 Å². The highest BCUT2D eigenvalue weighted by Gasteiger charge is 2.27. The third-order valence-corrected chi connectivity index (χ3v) is 5.00. The highest BCUT2D eigenvalue weighted by atomic mass is 35.5. The second kappa shape index (κ2) is 8.25. The second-order valence-corrected chi connectivity index (χ2v) is 6.26. The van der Waals surface area contributed by atoms with Gasteiger partial charge in [0.25, 0.3) is 0 Å². The van der Waals surface area contributed by atoms with Gasteiger partial charge in [-0.05, 0) is 37.4 Å². The molecule has 2 atom stereocenters. The molecule has 0 spiro atoms. The van der Waals surface area contributed by atoms with Crippen molar-refractivity contribution in [2.45, 2.75) is 37.0 Å². The summed E-state index contributed by atoms with van der Waals surface area (Å²) in [4.78, 5) is 11.9. The van der Waals surface area contributed by atoms with Gasteiger partial charge in [-0.2, -0.15) is 11.8 Å². The standard InChI is InChI=1S/C12H22N2O2S.ClH/c13-11(9-3-5-16-6-4-9)12(15)14-8-10-2-1-7-17-10;/h9-11H,1-8,13H2,(H,14,15);1H. The highest BCUT2D eigenvalue weighted by molar-refractivity contribution is 8.00. The molecule has 0 aromatic rings. The maximum atomic E-state index is 11.9. The zero-order valence-corrected chi connectivity index (χ0v) is 12.2. The van der Waals surface area contributed by atoms with E-state index in [1.807, 2.05) is 11.8 Å². The number of hydrogen-bond donors (Lipinski definition) is 2. The van der Waals surface area contributed by atoms with E-state index in [1.54, 1.807) is 0 Å². The molecule has 6 heteroatoms. The summed E-state index contributed by atoms with van der Waals surface area (Å²) in [6.45, 7) is 2.26. The molecule has 1 amide bonds. The van der Waals surface area contributed by atoms with Crippen LogP contribution < -0.4 is 11.1 Å². The number of thioether (sulfide) groups is 1. The lowest BCUT2D eigenvalue weighted by Crippen LogP contribution is -2.48. The summed E-state index contributed by atoms with van der Waals surface area (Å²) in [6, 6.07) is -0.356. The van der Waals surface area contributed by atoms with E-state index in [4.69, 9.17) is 10.5 Å². The normalized spacial score (nSPS) is 26.4. The first-order valence-corrected chi connectivity index (χ1v) is 7.55. The van der Waals surface area contributed by atoms with Gasteiger partial charge in [-0.15, -0.1) is 12.4 Å². The Labute approximate surface area is 119 Å². The number of ether oxygens (including phenoxy) is 1. The molecule has 2 unspecified atom stereocenters. The summed E-state index contributed by atoms with van der Waals surface area (Å²) < 4.78 is 5.28. The van der Waals surface area contributed by atoms with Gasteiger partial charge in [-0.25, -0.2) is 0 Å². The van der Waals surface area contributed by atoms with Gasteiger partial charge in [0.05, 0.1) is 6.04 Å². The van der Waals surface area contributed by atoms with Crippen LogP contribution in [0.2, 0.25) is 0 Å². The Morgan fingerprint density at radius 1 is 1.39 bits per heavy atom. The molecule has 0 aliphatic carbocycles. The van der Waals surface area contributed by atoms with Crippen molar-refractivity contribution >= 4 is 30.1 Å². The second-order valence-electron chi connectivity index (χ2n) is 4.86. The van der Waals surface area contributed by atoms with Crippen molar-refractivity contribution in [2.24, 2.45) is 11.7 Å². The first-order chi connectivity index (χ1) is 8.27. The average Bonchev–Trinajstić information content (AvgIpc) is 2.89. The minimum absolute atomic E-state index is 0. The smallest absolute Gasteiger partial charge is 0.237 e. The lowest BCUT2D eigenvalue weighted by molar-refractivity contribution is -0.124. The summed E-state index contributed by atoms with van der Waals surface area (Å²) in [5.41, 5.74) is 6.00. The zero-order chi connectivity index (χ0) is 12.1. The molecule has 4 nitrogen and oxygen atoms in total. The van der Waals surface area contributed by atoms with Gasteiger partial charge >= 0.3 is 0 Å². The van der Waals surface area contributed by atoms with Crippen LogP contribution in [0.15, 0.2) is 0 Å². The molecule has 0 radical (unpaired) electrons. The van der Waals surface area contributed by atoms with E-state index in [-0.39, 0.29) is 24.4 Å². The Morgan fingerprint density at radius 3 is 2.72 bits per heavy atom. The van der Waals surface area contributed by atoms with Crippen molar-refractivity contribution < 1.29 is 9.53 Å². The molecule has 2 fully saturated rings. The van der Waals surface area contributed by atoms with E-state index in [2.05, 4.69) is 5.32 Å². The summed E-state index contributed by atoms with van der Waals surface area (Å²) >= 11 is 1.96. The Bertz CT molecular complexity index is 256. The van der Waals surface area contributed by atoms with Gasteiger partial charge in [0.1, 0.15) is 0 Å². The first-order valence-electron chi connectivity index (χ1n) is 6.50. The van der Waals surface area contributed by atoms with Crippen molar-refractivity contribution in [2.75, 3.05) is 25.5 Å². The van der Waals surface area contributed by atoms with E-state index in [0.717, 1.165) is 32.6 Å². The van der Waals surface area contributed by atoms with Crippen LogP contribution >= 0.6 is 24.2 Å². The van der Waals surface area contributed by atoms with Crippen LogP contribution in [0.3, 0.4) is 0 Å². The summed E-state index contributed by atoms with van der Waals surface area (Å²) in [6.07, 6.45) is 4.31. The number of amides is 1. The molecule has 106 valence electrons. The van der Waals surface area contributed by atoms with Gasteiger partial charge in [0.15, 0.2) is 0 Å². The maximum Gasteiger partial charge on any atom is 0.237 e. The molecule has 2 rings (SSSR count). The summed E-state index contributed by atoms with van der Waals surface area (Å²) in [5, 5.41) is 3.59. The van der Waals surface area contributed by atoms with Crippen LogP contribution in [-0.2, 0) is 9.53 Å². The van der Waals surface area contributed by atoms with Crippen LogP contribution in [0.4, 0.5) is 0 Å². The Morgan fingerprint density at radius 2 is 2.11 bits per heavy atom. The molecule has 2 aliphatic heterocycles. The topological polar surface area (TPSA) is 64.4 Å². The van der Waals surface area contributed by atoms with Crippen molar-refractivity contribution in [3.05, 3.63) is 0 Å². The fourth-order valence-corrected chi connectivity index (χ4v) is 3.63. The number of carbonyl (C=O) groups is 1. The van der Waals surface area contributed by atoms with Gasteiger partial charge in [-0.3, -0.25) is 4.79 Å². The van der Waals surface area contributed by atoms with Gasteiger partial charge in [0, 0.05) is 25.0 Å². The van der Waals surface area contributed by atoms with Crippen LogP contribution in [0.1, 0.15) is 25.7 Å². The van der Waals surface area contributed by atoms with Crippen molar-refractivity contribution in [3.63, 3.8) is 0 Å². The maximum absolute atomic E-state index is 11.9. The number of nitrogens with one attached hydrogen (secondary N) is 1. The number of rotatable bonds is 4. The van der Waals surface area contributed by atoms with Crippen molar-refractivity contribution in [1.82, 2.24) is 5.32 Å². The minimum atomic E-state index is -0.356. The third kappa shape index (κ3) is 4.61. The predicted molar refractivity (Wildman–Crippen MR) is 77.3 cm³/mol. The number of hydrogen-bond acceptors (Lipinski definition) is 4. The monoisotopic (exact) mass is 294 g/mol. The molecule has 18 heavy (non-hydrogen) atoms. The molecular weight excluding hydrogens is 272 g/mol. The first kappa shape index (κ1) is 16.1. The molecule has 2 saturated heterocycles. The lowest BCUT2D eigenvalue weighted by atomic mass is 9.92. The fraction of sp³-hybridized carbons (Fsp3) is 0.917. The van der Waals surface area contributed by atoms with E-state index in [1.165, 1.54) is 18.6 Å². The summed E-state index contributed by atoms with van der Waals surface area (Å²) in [5.74, 6) is 1.54. The molecule has 0 aromatic heterocycles. The average molecular weight is 295 g/mol. The largest absolute Gasteiger partial charge is 0.381 e. The molecule has 2 heterocycles. The number of carbonyl (C=O) groups excluding carboxylic acids is 1. The quantitative estimate of drug-likeness (QED) is 0.817. The van der Waals surface area contributed by atoms with E-state index in [9.17, 15) is 4.79 Å². The van der Waals surface area contributed by atoms with E-state index in [0.29, 0.717) is 11.2 Å². The molecule has 0 saturated carbocycles. The number of halogens is 1. The van der Waals surface area contributed by atoms with E-state index >= 15 is 0 Å². The zero-order valence-electron chi connectivity index (χ0n) is 10.6. The fourth-order valence-electron chi connectivity index (χ4n) is 2.43. The molecule has 2 aliphatic rings. The Hall–Kier alpha value is 0.0300. The van der Waals surface area contributed by atoms with Gasteiger partial charge < -0.3 is 15.8 Å². The van der Waals surface area contributed by atoms with Crippen molar-refractivity contribution in [3.8, 4) is 0 Å². The van der Waals surface area contributed by atoms with Gasteiger partial charge in [0.2, 0.25) is 5.91 Å². The van der Waals surface area contributed by atoms with Crippen LogP contribution in [0.5, 0.6) is 0 Å². The number of nitrogens with two attached hydrogens (primary N) is 1. The SMILES string of the molecule is Cl.NC(C(=O)NCC1CCCS1)C1CCOCC1. The Balaban J connectivity index is 0.00000162. The summed E-state index contributed by atoms with van der Waals surface area (Å²) in [7, 11) is 0. The molecule has 0 aromatic carbocycles. The minimum Gasteiger partial charge on any atom is -0.381 e. The van der Waals surface area contributed by atoms with E-state index < -0.39 is 0 Å².